The number of furan rings is 1. The minimum Gasteiger partial charge on any atom is -0.466 e. The Labute approximate surface area is 167 Å². The lowest BCUT2D eigenvalue weighted by molar-refractivity contribution is -0.134. The fourth-order valence-electron chi connectivity index (χ4n) is 3.37. The predicted octanol–water partition coefficient (Wildman–Crippen LogP) is 3.35. The molecule has 3 aromatic rings. The lowest BCUT2D eigenvalue weighted by Gasteiger charge is -2.19. The molecule has 1 fully saturated rings. The Kier molecular flexibility index (Phi) is 4.64. The monoisotopic (exact) mass is 389 g/mol. The van der Waals surface area contributed by atoms with Crippen molar-refractivity contribution >= 4 is 23.5 Å². The van der Waals surface area contributed by atoms with Crippen LogP contribution < -0.4 is 10.6 Å². The summed E-state index contributed by atoms with van der Waals surface area (Å²) in [5, 5.41) is 5.41. The van der Waals surface area contributed by atoms with E-state index in [-0.39, 0.29) is 0 Å². The van der Waals surface area contributed by atoms with E-state index in [1.54, 1.807) is 25.1 Å². The van der Waals surface area contributed by atoms with Crippen molar-refractivity contribution in [2.75, 3.05) is 11.9 Å². The number of para-hydroxylation sites is 1. The summed E-state index contributed by atoms with van der Waals surface area (Å²) >= 11 is 0. The van der Waals surface area contributed by atoms with Crippen LogP contribution in [0.5, 0.6) is 0 Å². The van der Waals surface area contributed by atoms with Crippen molar-refractivity contribution in [3.63, 3.8) is 0 Å². The second-order valence-corrected chi connectivity index (χ2v) is 6.88. The maximum Gasteiger partial charge on any atom is 0.325 e. The fraction of sp³-hybridized carbons (Fsp3) is 0.136. The summed E-state index contributed by atoms with van der Waals surface area (Å²) in [5.41, 5.74) is 1.07. The number of urea groups is 1. The summed E-state index contributed by atoms with van der Waals surface area (Å²) in [6.45, 7) is 1.15. The Morgan fingerprint density at radius 3 is 2.48 bits per heavy atom. The largest absolute Gasteiger partial charge is 0.466 e. The summed E-state index contributed by atoms with van der Waals surface area (Å²) in [4.78, 5) is 38.7. The van der Waals surface area contributed by atoms with E-state index in [1.165, 1.54) is 6.26 Å². The summed E-state index contributed by atoms with van der Waals surface area (Å²) in [5.74, 6) is -0.697. The Balaban J connectivity index is 1.52. The number of hydrogen-bond acceptors (Lipinski definition) is 4. The number of rotatable bonds is 5. The van der Waals surface area contributed by atoms with Crippen LogP contribution in [0.4, 0.5) is 10.5 Å². The molecule has 0 bridgehead atoms. The molecule has 146 valence electrons. The van der Waals surface area contributed by atoms with E-state index in [4.69, 9.17) is 4.42 Å². The third-order valence-corrected chi connectivity index (χ3v) is 4.88. The number of imide groups is 1. The molecule has 7 heteroatoms. The van der Waals surface area contributed by atoms with Crippen LogP contribution in [0.1, 0.15) is 12.7 Å². The van der Waals surface area contributed by atoms with Gasteiger partial charge in [-0.2, -0.15) is 0 Å². The lowest BCUT2D eigenvalue weighted by Crippen LogP contribution is -2.41. The molecule has 0 unspecified atom stereocenters. The molecule has 1 aliphatic heterocycles. The molecule has 4 amide bonds. The zero-order valence-corrected chi connectivity index (χ0v) is 15.7. The highest BCUT2D eigenvalue weighted by Crippen LogP contribution is 2.30. The van der Waals surface area contributed by atoms with E-state index in [0.717, 1.165) is 16.0 Å². The van der Waals surface area contributed by atoms with Gasteiger partial charge < -0.3 is 15.1 Å². The van der Waals surface area contributed by atoms with Gasteiger partial charge in [0, 0.05) is 11.3 Å². The minimum atomic E-state index is -1.33. The topological polar surface area (TPSA) is 91.7 Å². The normalized spacial score (nSPS) is 18.6. The van der Waals surface area contributed by atoms with Crippen molar-refractivity contribution in [1.82, 2.24) is 10.2 Å². The number of anilines is 1. The molecule has 0 radical (unpaired) electrons. The molecule has 0 spiro atoms. The standard InChI is InChI=1S/C22H19N3O4/c1-22(18-12-7-13-29-18)20(27)25(21(28)24-22)14-19(26)23-17-11-6-5-10-16(17)15-8-3-2-4-9-15/h2-13H,14H2,1H3,(H,23,26)(H,24,28)/t22-/m1/s1. The average molecular weight is 389 g/mol. The van der Waals surface area contributed by atoms with Gasteiger partial charge in [-0.1, -0.05) is 48.5 Å². The number of nitrogens with zero attached hydrogens (tertiary/aromatic N) is 1. The maximum absolute atomic E-state index is 12.8. The first-order valence-corrected chi connectivity index (χ1v) is 9.11. The van der Waals surface area contributed by atoms with Crippen LogP contribution in [0.3, 0.4) is 0 Å². The SMILES string of the molecule is C[C@]1(c2ccco2)NC(=O)N(CC(=O)Nc2ccccc2-c2ccccc2)C1=O. The molecule has 1 aromatic heterocycles. The van der Waals surface area contributed by atoms with Crippen molar-refractivity contribution in [2.24, 2.45) is 0 Å². The van der Waals surface area contributed by atoms with Gasteiger partial charge in [-0.25, -0.2) is 4.79 Å². The molecule has 2 heterocycles. The number of amides is 4. The van der Waals surface area contributed by atoms with Gasteiger partial charge >= 0.3 is 6.03 Å². The number of carbonyl (C=O) groups is 3. The fourth-order valence-corrected chi connectivity index (χ4v) is 3.37. The second kappa shape index (κ2) is 7.27. The van der Waals surface area contributed by atoms with Gasteiger partial charge in [0.05, 0.1) is 6.26 Å². The molecule has 1 saturated heterocycles. The van der Waals surface area contributed by atoms with Gasteiger partial charge in [-0.05, 0) is 30.7 Å². The molecule has 1 atom stereocenters. The number of nitrogens with one attached hydrogen (secondary N) is 2. The highest BCUT2D eigenvalue weighted by Gasteiger charge is 2.51. The van der Waals surface area contributed by atoms with Gasteiger partial charge in [0.2, 0.25) is 5.91 Å². The van der Waals surface area contributed by atoms with Gasteiger partial charge in [-0.3, -0.25) is 14.5 Å². The van der Waals surface area contributed by atoms with Crippen LogP contribution >= 0.6 is 0 Å². The zero-order valence-electron chi connectivity index (χ0n) is 15.7. The average Bonchev–Trinajstić information content (AvgIpc) is 3.34. The molecule has 29 heavy (non-hydrogen) atoms. The quantitative estimate of drug-likeness (QED) is 0.655. The van der Waals surface area contributed by atoms with E-state index >= 15 is 0 Å². The van der Waals surface area contributed by atoms with E-state index in [0.29, 0.717) is 11.4 Å². The number of benzene rings is 2. The summed E-state index contributed by atoms with van der Waals surface area (Å²) in [6, 6.07) is 19.6. The van der Waals surface area contributed by atoms with E-state index < -0.39 is 29.9 Å². The third kappa shape index (κ3) is 3.38. The molecular weight excluding hydrogens is 370 g/mol. The highest BCUT2D eigenvalue weighted by molar-refractivity contribution is 6.10. The maximum atomic E-state index is 12.8. The van der Waals surface area contributed by atoms with E-state index in [1.807, 2.05) is 48.5 Å². The van der Waals surface area contributed by atoms with Crippen LogP contribution in [0, 0.1) is 0 Å². The molecule has 2 aromatic carbocycles. The molecule has 4 rings (SSSR count). The summed E-state index contributed by atoms with van der Waals surface area (Å²) in [7, 11) is 0. The number of carbonyl (C=O) groups excluding carboxylic acids is 3. The lowest BCUT2D eigenvalue weighted by atomic mass is 9.99. The van der Waals surface area contributed by atoms with Crippen molar-refractivity contribution in [2.45, 2.75) is 12.5 Å². The molecule has 0 saturated carbocycles. The Hall–Kier alpha value is -3.87. The molecule has 7 nitrogen and oxygen atoms in total. The van der Waals surface area contributed by atoms with Crippen LogP contribution in [0.25, 0.3) is 11.1 Å². The van der Waals surface area contributed by atoms with Gasteiger partial charge in [0.1, 0.15) is 12.3 Å². The van der Waals surface area contributed by atoms with E-state index in [9.17, 15) is 14.4 Å². The van der Waals surface area contributed by atoms with Gasteiger partial charge in [-0.15, -0.1) is 0 Å². The zero-order chi connectivity index (χ0) is 20.4. The predicted molar refractivity (Wildman–Crippen MR) is 107 cm³/mol. The second-order valence-electron chi connectivity index (χ2n) is 6.88. The molecule has 1 aliphatic rings. The third-order valence-electron chi connectivity index (χ3n) is 4.88. The first-order chi connectivity index (χ1) is 14.0. The first kappa shape index (κ1) is 18.5. The van der Waals surface area contributed by atoms with Crippen molar-refractivity contribution in [1.29, 1.82) is 0 Å². The van der Waals surface area contributed by atoms with Crippen molar-refractivity contribution in [3.8, 4) is 11.1 Å². The summed E-state index contributed by atoms with van der Waals surface area (Å²) < 4.78 is 5.29. The highest BCUT2D eigenvalue weighted by atomic mass is 16.3. The van der Waals surface area contributed by atoms with Crippen LogP contribution in [-0.4, -0.2) is 29.3 Å². The summed E-state index contributed by atoms with van der Waals surface area (Å²) in [6.07, 6.45) is 1.43. The van der Waals surface area contributed by atoms with Crippen molar-refractivity contribution in [3.05, 3.63) is 78.8 Å². The Bertz CT molecular complexity index is 1060. The molecule has 0 aliphatic carbocycles. The Morgan fingerprint density at radius 2 is 1.76 bits per heavy atom. The van der Waals surface area contributed by atoms with Gasteiger partial charge in [0.15, 0.2) is 5.54 Å². The number of hydrogen-bond donors (Lipinski definition) is 2. The van der Waals surface area contributed by atoms with Crippen LogP contribution in [-0.2, 0) is 15.1 Å². The van der Waals surface area contributed by atoms with E-state index in [2.05, 4.69) is 10.6 Å². The van der Waals surface area contributed by atoms with Gasteiger partial charge in [0.25, 0.3) is 5.91 Å². The molecular formula is C22H19N3O4. The smallest absolute Gasteiger partial charge is 0.325 e. The minimum absolute atomic E-state index is 0.313. The van der Waals surface area contributed by atoms with Crippen LogP contribution in [0.2, 0.25) is 0 Å². The van der Waals surface area contributed by atoms with Crippen molar-refractivity contribution < 1.29 is 18.8 Å². The first-order valence-electron chi connectivity index (χ1n) is 9.11. The molecule has 2 N–H and O–H groups in total. The Morgan fingerprint density at radius 1 is 1.03 bits per heavy atom. The van der Waals surface area contributed by atoms with Crippen LogP contribution in [0.15, 0.2) is 77.4 Å².